The highest BCUT2D eigenvalue weighted by Crippen LogP contribution is 2.35. The number of likely N-dealkylation sites (tertiary alicyclic amines) is 1. The van der Waals surface area contributed by atoms with Crippen molar-refractivity contribution in [1.82, 2.24) is 15.6 Å². The first-order valence-electron chi connectivity index (χ1n) is 12.1. The zero-order chi connectivity index (χ0) is 25.8. The maximum atomic E-state index is 13.7. The van der Waals surface area contributed by atoms with Gasteiger partial charge in [-0.15, -0.1) is 12.4 Å². The summed E-state index contributed by atoms with van der Waals surface area (Å²) in [5.74, 6) is -0.990. The predicted molar refractivity (Wildman–Crippen MR) is 143 cm³/mol. The highest BCUT2D eigenvalue weighted by molar-refractivity contribution is 6.13. The van der Waals surface area contributed by atoms with Crippen LogP contribution in [0.3, 0.4) is 0 Å². The van der Waals surface area contributed by atoms with Crippen LogP contribution >= 0.6 is 12.4 Å². The average molecular weight is 528 g/mol. The Labute approximate surface area is 223 Å². The molecule has 3 amide bonds. The lowest BCUT2D eigenvalue weighted by molar-refractivity contribution is -0.142. The Kier molecular flexibility index (Phi) is 9.07. The van der Waals surface area contributed by atoms with Gasteiger partial charge in [0.15, 0.2) is 0 Å². The highest BCUT2D eigenvalue weighted by atomic mass is 35.5. The molecule has 0 aromatic heterocycles. The molecule has 10 heteroatoms. The molecule has 9 nitrogen and oxygen atoms in total. The largest absolute Gasteiger partial charge is 0.374 e. The van der Waals surface area contributed by atoms with Gasteiger partial charge in [-0.3, -0.25) is 14.4 Å². The van der Waals surface area contributed by atoms with Crippen LogP contribution in [-0.4, -0.2) is 59.6 Å². The van der Waals surface area contributed by atoms with E-state index in [9.17, 15) is 14.4 Å². The SMILES string of the molecule is CC(C)(N)C(=O)NC(COCc1ccccc1)C(=O)N1CCC2=NNC(=O)C2(Cc2ccccc2)C1.Cl. The zero-order valence-corrected chi connectivity index (χ0v) is 21.9. The van der Waals surface area contributed by atoms with E-state index < -0.39 is 22.9 Å². The third-order valence-corrected chi connectivity index (χ3v) is 6.60. The number of carbonyl (C=O) groups is 3. The Morgan fingerprint density at radius 1 is 1.14 bits per heavy atom. The number of amides is 3. The minimum atomic E-state index is -1.17. The molecular formula is C27H34ClN5O4. The molecule has 0 saturated carbocycles. The van der Waals surface area contributed by atoms with Crippen LogP contribution in [0, 0.1) is 5.41 Å². The molecule has 198 valence electrons. The lowest BCUT2D eigenvalue weighted by atomic mass is 9.73. The monoisotopic (exact) mass is 527 g/mol. The molecule has 2 aliphatic heterocycles. The van der Waals surface area contributed by atoms with Crippen molar-refractivity contribution >= 4 is 35.8 Å². The molecule has 37 heavy (non-hydrogen) atoms. The molecule has 0 aliphatic carbocycles. The second-order valence-corrected chi connectivity index (χ2v) is 10.0. The topological polar surface area (TPSA) is 126 Å². The van der Waals surface area contributed by atoms with E-state index in [1.54, 1.807) is 18.7 Å². The highest BCUT2D eigenvalue weighted by Gasteiger charge is 2.52. The van der Waals surface area contributed by atoms with Gasteiger partial charge in [0.2, 0.25) is 11.8 Å². The Bertz CT molecular complexity index is 1140. The van der Waals surface area contributed by atoms with Crippen LogP contribution in [0.1, 0.15) is 31.4 Å². The number of benzene rings is 2. The number of fused-ring (bicyclic) bond motifs is 1. The van der Waals surface area contributed by atoms with E-state index in [4.69, 9.17) is 10.5 Å². The van der Waals surface area contributed by atoms with Crippen molar-refractivity contribution in [3.8, 4) is 0 Å². The van der Waals surface area contributed by atoms with Gasteiger partial charge in [0, 0.05) is 19.5 Å². The number of rotatable bonds is 9. The summed E-state index contributed by atoms with van der Waals surface area (Å²) >= 11 is 0. The van der Waals surface area contributed by atoms with Gasteiger partial charge in [-0.2, -0.15) is 5.10 Å². The molecule has 0 radical (unpaired) electrons. The first kappa shape index (κ1) is 28.3. The van der Waals surface area contributed by atoms with Crippen molar-refractivity contribution in [1.29, 1.82) is 0 Å². The first-order valence-corrected chi connectivity index (χ1v) is 12.1. The maximum absolute atomic E-state index is 13.7. The summed E-state index contributed by atoms with van der Waals surface area (Å²) in [6.07, 6.45) is 0.894. The summed E-state index contributed by atoms with van der Waals surface area (Å²) in [7, 11) is 0. The molecule has 2 aliphatic rings. The van der Waals surface area contributed by atoms with E-state index >= 15 is 0 Å². The smallest absolute Gasteiger partial charge is 0.254 e. The van der Waals surface area contributed by atoms with Crippen LogP contribution < -0.4 is 16.5 Å². The van der Waals surface area contributed by atoms with Crippen molar-refractivity contribution in [2.45, 2.75) is 44.9 Å². The second-order valence-electron chi connectivity index (χ2n) is 10.0. The lowest BCUT2D eigenvalue weighted by Gasteiger charge is -2.40. The van der Waals surface area contributed by atoms with Crippen molar-refractivity contribution in [2.75, 3.05) is 19.7 Å². The summed E-state index contributed by atoms with van der Waals surface area (Å²) < 4.78 is 5.83. The Morgan fingerprint density at radius 2 is 1.76 bits per heavy atom. The molecule has 4 rings (SSSR count). The molecule has 2 atom stereocenters. The number of nitrogens with one attached hydrogen (secondary N) is 2. The summed E-state index contributed by atoms with van der Waals surface area (Å²) in [4.78, 5) is 41.1. The summed E-state index contributed by atoms with van der Waals surface area (Å²) in [5, 5.41) is 7.04. The molecule has 2 aromatic carbocycles. The first-order chi connectivity index (χ1) is 17.2. The number of halogens is 1. The van der Waals surface area contributed by atoms with E-state index in [1.165, 1.54) is 0 Å². The number of carbonyl (C=O) groups excluding carboxylic acids is 3. The van der Waals surface area contributed by atoms with Crippen LogP contribution in [0.2, 0.25) is 0 Å². The average Bonchev–Trinajstić information content (AvgIpc) is 3.18. The van der Waals surface area contributed by atoms with Crippen molar-refractivity contribution in [2.24, 2.45) is 16.3 Å². The fourth-order valence-electron chi connectivity index (χ4n) is 4.55. The van der Waals surface area contributed by atoms with E-state index in [1.807, 2.05) is 60.7 Å². The number of hydrogen-bond acceptors (Lipinski definition) is 6. The Balaban J connectivity index is 0.00000380. The minimum Gasteiger partial charge on any atom is -0.374 e. The number of hydrogen-bond donors (Lipinski definition) is 3. The predicted octanol–water partition coefficient (Wildman–Crippen LogP) is 1.79. The van der Waals surface area contributed by atoms with Crippen molar-refractivity contribution in [3.63, 3.8) is 0 Å². The molecule has 1 fully saturated rings. The van der Waals surface area contributed by atoms with Crippen molar-refractivity contribution in [3.05, 3.63) is 71.8 Å². The van der Waals surface area contributed by atoms with Gasteiger partial charge in [-0.25, -0.2) is 5.43 Å². The van der Waals surface area contributed by atoms with Gasteiger partial charge in [0.25, 0.3) is 5.91 Å². The fraction of sp³-hybridized carbons (Fsp3) is 0.407. The second kappa shape index (κ2) is 11.9. The number of hydrazone groups is 1. The molecule has 2 unspecified atom stereocenters. The van der Waals surface area contributed by atoms with Crippen LogP contribution in [-0.2, 0) is 32.1 Å². The number of piperidine rings is 1. The van der Waals surface area contributed by atoms with Crippen LogP contribution in [0.15, 0.2) is 65.8 Å². The third-order valence-electron chi connectivity index (χ3n) is 6.60. The summed E-state index contributed by atoms with van der Waals surface area (Å²) in [6.45, 7) is 3.99. The molecule has 1 saturated heterocycles. The maximum Gasteiger partial charge on any atom is 0.254 e. The van der Waals surface area contributed by atoms with E-state index in [-0.39, 0.29) is 37.4 Å². The van der Waals surface area contributed by atoms with Crippen LogP contribution in [0.4, 0.5) is 0 Å². The number of nitrogens with zero attached hydrogens (tertiary/aromatic N) is 2. The summed E-state index contributed by atoms with van der Waals surface area (Å²) in [6, 6.07) is 18.3. The number of nitrogens with two attached hydrogens (primary N) is 1. The quantitative estimate of drug-likeness (QED) is 0.458. The Hall–Kier alpha value is -3.27. The van der Waals surface area contributed by atoms with Gasteiger partial charge in [-0.1, -0.05) is 60.7 Å². The number of ether oxygens (including phenoxy) is 1. The zero-order valence-electron chi connectivity index (χ0n) is 21.1. The molecule has 4 N–H and O–H groups in total. The molecule has 2 heterocycles. The van der Waals surface area contributed by atoms with Gasteiger partial charge >= 0.3 is 0 Å². The fourth-order valence-corrected chi connectivity index (χ4v) is 4.55. The van der Waals surface area contributed by atoms with Crippen LogP contribution in [0.25, 0.3) is 0 Å². The van der Waals surface area contributed by atoms with E-state index in [0.717, 1.165) is 16.8 Å². The Morgan fingerprint density at radius 3 is 2.38 bits per heavy atom. The molecule has 0 spiro atoms. The molecular weight excluding hydrogens is 494 g/mol. The normalized spacial score (nSPS) is 19.7. The van der Waals surface area contributed by atoms with E-state index in [0.29, 0.717) is 26.0 Å². The van der Waals surface area contributed by atoms with Gasteiger partial charge in [-0.05, 0) is 31.4 Å². The van der Waals surface area contributed by atoms with E-state index in [2.05, 4.69) is 15.8 Å². The van der Waals surface area contributed by atoms with Gasteiger partial charge in [0.1, 0.15) is 11.5 Å². The third kappa shape index (κ3) is 6.54. The molecule has 2 aromatic rings. The van der Waals surface area contributed by atoms with Crippen molar-refractivity contribution < 1.29 is 19.1 Å². The minimum absolute atomic E-state index is 0. The van der Waals surface area contributed by atoms with Gasteiger partial charge < -0.3 is 20.7 Å². The summed E-state index contributed by atoms with van der Waals surface area (Å²) in [5.41, 5.74) is 9.17. The van der Waals surface area contributed by atoms with Gasteiger partial charge in [0.05, 0.1) is 24.5 Å². The standard InChI is InChI=1S/C27H33N5O4.ClH/c1-26(2,28)24(34)29-21(17-36-16-20-11-7-4-8-12-20)23(33)32-14-13-22-27(18-32,25(35)31-30-22)15-19-9-5-3-6-10-19;/h3-12,21H,13-18,28H2,1-2H3,(H,29,34)(H,31,35);1H. The lowest BCUT2D eigenvalue weighted by Crippen LogP contribution is -2.61. The van der Waals surface area contributed by atoms with Crippen LogP contribution in [0.5, 0.6) is 0 Å². The molecule has 0 bridgehead atoms.